The molecule has 0 saturated carbocycles. The summed E-state index contributed by atoms with van der Waals surface area (Å²) in [5, 5.41) is 0. The van der Waals surface area contributed by atoms with Gasteiger partial charge in [0.2, 0.25) is 0 Å². The molecule has 0 amide bonds. The van der Waals surface area contributed by atoms with Crippen molar-refractivity contribution in [3.63, 3.8) is 0 Å². The fourth-order valence-corrected chi connectivity index (χ4v) is 2.53. The van der Waals surface area contributed by atoms with E-state index in [2.05, 4.69) is 52.8 Å². The molecule has 0 aromatic heterocycles. The van der Waals surface area contributed by atoms with Gasteiger partial charge in [0.25, 0.3) is 0 Å². The van der Waals surface area contributed by atoms with Gasteiger partial charge in [-0.3, -0.25) is 0 Å². The van der Waals surface area contributed by atoms with Crippen molar-refractivity contribution < 1.29 is 4.74 Å². The van der Waals surface area contributed by atoms with Crippen LogP contribution >= 0.6 is 0 Å². The molecule has 3 nitrogen and oxygen atoms in total. The van der Waals surface area contributed by atoms with Gasteiger partial charge in [-0.2, -0.15) is 0 Å². The quantitative estimate of drug-likeness (QED) is 0.809. The topological polar surface area (TPSA) is 61.3 Å². The zero-order chi connectivity index (χ0) is 16.0. The van der Waals surface area contributed by atoms with Crippen molar-refractivity contribution in [2.24, 2.45) is 17.4 Å². The van der Waals surface area contributed by atoms with Crippen molar-refractivity contribution in [2.75, 3.05) is 19.7 Å². The Labute approximate surface area is 130 Å². The summed E-state index contributed by atoms with van der Waals surface area (Å²) in [6.45, 7) is 13.0. The molecule has 21 heavy (non-hydrogen) atoms. The molecule has 0 aliphatic rings. The molecule has 4 N–H and O–H groups in total. The van der Waals surface area contributed by atoms with E-state index < -0.39 is 0 Å². The second-order valence-electron chi connectivity index (χ2n) is 6.87. The second kappa shape index (κ2) is 7.81. The first-order valence-electron chi connectivity index (χ1n) is 8.02. The Kier molecular flexibility index (Phi) is 6.69. The van der Waals surface area contributed by atoms with Crippen LogP contribution in [0.15, 0.2) is 18.2 Å². The van der Waals surface area contributed by atoms with E-state index in [0.717, 1.165) is 18.8 Å². The molecule has 1 unspecified atom stereocenters. The van der Waals surface area contributed by atoms with Gasteiger partial charge in [-0.05, 0) is 54.0 Å². The van der Waals surface area contributed by atoms with Gasteiger partial charge in [0.05, 0.1) is 6.61 Å². The Hall–Kier alpha value is -1.06. The molecule has 1 aromatic rings. The minimum atomic E-state index is 0.0553. The van der Waals surface area contributed by atoms with Crippen LogP contribution in [0.1, 0.15) is 58.1 Å². The van der Waals surface area contributed by atoms with E-state index >= 15 is 0 Å². The van der Waals surface area contributed by atoms with Gasteiger partial charge >= 0.3 is 0 Å². The zero-order valence-electron chi connectivity index (χ0n) is 14.3. The summed E-state index contributed by atoms with van der Waals surface area (Å²) >= 11 is 0. The van der Waals surface area contributed by atoms with Crippen molar-refractivity contribution in [1.29, 1.82) is 0 Å². The summed E-state index contributed by atoms with van der Waals surface area (Å²) in [6, 6.07) is 6.53. The summed E-state index contributed by atoms with van der Waals surface area (Å²) < 4.78 is 5.91. The maximum Gasteiger partial charge on any atom is 0.123 e. The summed E-state index contributed by atoms with van der Waals surface area (Å²) in [5.41, 5.74) is 14.3. The van der Waals surface area contributed by atoms with Crippen LogP contribution in [0, 0.1) is 5.92 Å². The number of benzene rings is 1. The molecule has 0 bridgehead atoms. The molecule has 0 heterocycles. The van der Waals surface area contributed by atoms with Crippen molar-refractivity contribution >= 4 is 0 Å². The fraction of sp³-hybridized carbons (Fsp3) is 0.667. The largest absolute Gasteiger partial charge is 0.493 e. The molecule has 120 valence electrons. The predicted octanol–water partition coefficient (Wildman–Crippen LogP) is 3.41. The van der Waals surface area contributed by atoms with Crippen LogP contribution in [0.3, 0.4) is 0 Å². The van der Waals surface area contributed by atoms with Crippen LogP contribution in [-0.2, 0) is 5.41 Å². The van der Waals surface area contributed by atoms with Crippen LogP contribution in [0.25, 0.3) is 0 Å². The van der Waals surface area contributed by atoms with Crippen molar-refractivity contribution in [3.05, 3.63) is 29.3 Å². The van der Waals surface area contributed by atoms with Crippen molar-refractivity contribution in [1.82, 2.24) is 0 Å². The molecular formula is C18H32N2O. The third-order valence-corrected chi connectivity index (χ3v) is 4.11. The Morgan fingerprint density at radius 2 is 1.76 bits per heavy atom. The second-order valence-corrected chi connectivity index (χ2v) is 6.87. The van der Waals surface area contributed by atoms with Gasteiger partial charge in [0.1, 0.15) is 5.75 Å². The van der Waals surface area contributed by atoms with Crippen molar-refractivity contribution in [3.8, 4) is 5.75 Å². The third-order valence-electron chi connectivity index (χ3n) is 4.11. The minimum Gasteiger partial charge on any atom is -0.493 e. The Morgan fingerprint density at radius 1 is 1.14 bits per heavy atom. The number of hydrogen-bond acceptors (Lipinski definition) is 3. The van der Waals surface area contributed by atoms with Crippen LogP contribution < -0.4 is 16.2 Å². The molecule has 0 spiro atoms. The molecule has 0 aliphatic carbocycles. The predicted molar refractivity (Wildman–Crippen MR) is 90.9 cm³/mol. The normalized spacial score (nSPS) is 13.5. The van der Waals surface area contributed by atoms with Crippen LogP contribution in [0.4, 0.5) is 0 Å². The Bertz CT molecular complexity index is 433. The van der Waals surface area contributed by atoms with E-state index in [1.807, 2.05) is 0 Å². The molecular weight excluding hydrogens is 260 g/mol. The minimum absolute atomic E-state index is 0.0553. The molecule has 1 aromatic carbocycles. The van der Waals surface area contributed by atoms with Crippen LogP contribution in [0.5, 0.6) is 5.75 Å². The van der Waals surface area contributed by atoms with Gasteiger partial charge in [0, 0.05) is 0 Å². The van der Waals surface area contributed by atoms with Crippen LogP contribution in [-0.4, -0.2) is 19.7 Å². The van der Waals surface area contributed by atoms with E-state index in [0.29, 0.717) is 24.9 Å². The monoisotopic (exact) mass is 292 g/mol. The smallest absolute Gasteiger partial charge is 0.123 e. The lowest BCUT2D eigenvalue weighted by atomic mass is 9.81. The third kappa shape index (κ3) is 4.72. The van der Waals surface area contributed by atoms with E-state index in [1.54, 1.807) is 0 Å². The van der Waals surface area contributed by atoms with E-state index in [-0.39, 0.29) is 5.41 Å². The maximum atomic E-state index is 5.91. The Morgan fingerprint density at radius 3 is 2.24 bits per heavy atom. The average Bonchev–Trinajstić information content (AvgIpc) is 2.45. The molecule has 0 saturated heterocycles. The number of ether oxygens (including phenoxy) is 1. The van der Waals surface area contributed by atoms with Crippen molar-refractivity contribution in [2.45, 2.75) is 52.4 Å². The van der Waals surface area contributed by atoms with E-state index in [9.17, 15) is 0 Å². The standard InChI is InChI=1S/C18H32N2O/c1-6-9-21-17-8-7-14(10-16(17)18(3,4)5)13(2)15(11-19)12-20/h7-8,10,13,15H,6,9,11-12,19-20H2,1-5H3. The molecule has 1 rings (SSSR count). The maximum absolute atomic E-state index is 5.91. The SMILES string of the molecule is CCCOc1ccc(C(C)C(CN)CN)cc1C(C)(C)C. The summed E-state index contributed by atoms with van der Waals surface area (Å²) in [6.07, 6.45) is 1.02. The van der Waals surface area contributed by atoms with Gasteiger partial charge in [-0.25, -0.2) is 0 Å². The highest BCUT2D eigenvalue weighted by molar-refractivity contribution is 5.42. The first kappa shape index (κ1) is 18.0. The molecule has 3 heteroatoms. The lowest BCUT2D eigenvalue weighted by molar-refractivity contribution is 0.308. The summed E-state index contributed by atoms with van der Waals surface area (Å²) in [4.78, 5) is 0. The van der Waals surface area contributed by atoms with Gasteiger partial charge < -0.3 is 16.2 Å². The van der Waals surface area contributed by atoms with Gasteiger partial charge in [0.15, 0.2) is 0 Å². The van der Waals surface area contributed by atoms with Gasteiger partial charge in [-0.1, -0.05) is 46.8 Å². The molecule has 0 fully saturated rings. The highest BCUT2D eigenvalue weighted by Gasteiger charge is 2.23. The number of hydrogen-bond donors (Lipinski definition) is 2. The number of rotatable bonds is 7. The first-order chi connectivity index (χ1) is 9.85. The fourth-order valence-electron chi connectivity index (χ4n) is 2.53. The lowest BCUT2D eigenvalue weighted by Crippen LogP contribution is -2.28. The number of nitrogens with two attached hydrogens (primary N) is 2. The Balaban J connectivity index is 3.15. The van der Waals surface area contributed by atoms with Crippen LogP contribution in [0.2, 0.25) is 0 Å². The molecule has 1 atom stereocenters. The van der Waals surface area contributed by atoms with E-state index in [1.165, 1.54) is 11.1 Å². The van der Waals surface area contributed by atoms with Gasteiger partial charge in [-0.15, -0.1) is 0 Å². The van der Waals surface area contributed by atoms with E-state index in [4.69, 9.17) is 16.2 Å². The highest BCUT2D eigenvalue weighted by Crippen LogP contribution is 2.35. The highest BCUT2D eigenvalue weighted by atomic mass is 16.5. The summed E-state index contributed by atoms with van der Waals surface area (Å²) in [7, 11) is 0. The first-order valence-corrected chi connectivity index (χ1v) is 8.02. The lowest BCUT2D eigenvalue weighted by Gasteiger charge is -2.27. The molecule has 0 aliphatic heterocycles. The average molecular weight is 292 g/mol. The molecule has 0 radical (unpaired) electrons. The summed E-state index contributed by atoms with van der Waals surface area (Å²) in [5.74, 6) is 1.68. The zero-order valence-corrected chi connectivity index (χ0v) is 14.3.